The van der Waals surface area contributed by atoms with Gasteiger partial charge in [0.1, 0.15) is 0 Å². The van der Waals surface area contributed by atoms with Crippen LogP contribution in [0, 0.1) is 0 Å². The van der Waals surface area contributed by atoms with E-state index in [-0.39, 0.29) is 12.6 Å². The van der Waals surface area contributed by atoms with E-state index in [0.29, 0.717) is 0 Å². The highest BCUT2D eigenvalue weighted by Crippen LogP contribution is 2.23. The van der Waals surface area contributed by atoms with Crippen molar-refractivity contribution < 1.29 is 5.11 Å². The predicted octanol–water partition coefficient (Wildman–Crippen LogP) is 2.54. The maximum absolute atomic E-state index is 8.84. The van der Waals surface area contributed by atoms with Crippen molar-refractivity contribution >= 4 is 15.9 Å². The molecule has 1 aromatic carbocycles. The smallest absolute Gasteiger partial charge is 0.0443 e. The van der Waals surface area contributed by atoms with Gasteiger partial charge in [-0.05, 0) is 37.6 Å². The summed E-state index contributed by atoms with van der Waals surface area (Å²) in [4.78, 5) is 2.33. The number of halogens is 1. The van der Waals surface area contributed by atoms with Crippen molar-refractivity contribution in [3.8, 4) is 0 Å². The number of benzene rings is 1. The molecule has 0 fully saturated rings. The molecule has 0 amide bonds. The van der Waals surface area contributed by atoms with Crippen LogP contribution < -0.4 is 5.73 Å². The lowest BCUT2D eigenvalue weighted by molar-refractivity contribution is 0.225. The number of nitrogens with zero attached hydrogens (tertiary/aromatic N) is 1. The van der Waals surface area contributed by atoms with Crippen molar-refractivity contribution in [2.45, 2.75) is 25.8 Å². The second-order valence-electron chi connectivity index (χ2n) is 4.43. The molecular weight excluding hydrogens is 292 g/mol. The second-order valence-corrected chi connectivity index (χ2v) is 5.28. The van der Waals surface area contributed by atoms with Gasteiger partial charge in [-0.2, -0.15) is 0 Å². The molecule has 0 radical (unpaired) electrons. The van der Waals surface area contributed by atoms with Crippen molar-refractivity contribution in [2.24, 2.45) is 5.73 Å². The van der Waals surface area contributed by atoms with E-state index in [4.69, 9.17) is 10.8 Å². The highest BCUT2D eigenvalue weighted by Gasteiger charge is 2.11. The summed E-state index contributed by atoms with van der Waals surface area (Å²) in [5.74, 6) is 0. The van der Waals surface area contributed by atoms with Crippen LogP contribution in [-0.4, -0.2) is 36.2 Å². The van der Waals surface area contributed by atoms with Crippen LogP contribution in [0.2, 0.25) is 0 Å². The molecule has 1 atom stereocenters. The maximum Gasteiger partial charge on any atom is 0.0443 e. The zero-order valence-corrected chi connectivity index (χ0v) is 12.6. The van der Waals surface area contributed by atoms with E-state index in [1.807, 2.05) is 18.2 Å². The fraction of sp³-hybridized carbons (Fsp3) is 0.571. The molecule has 1 aromatic rings. The van der Waals surface area contributed by atoms with Gasteiger partial charge in [-0.25, -0.2) is 0 Å². The lowest BCUT2D eigenvalue weighted by atomic mass is 10.0. The zero-order valence-electron chi connectivity index (χ0n) is 11.0. The van der Waals surface area contributed by atoms with E-state index in [1.165, 1.54) is 0 Å². The van der Waals surface area contributed by atoms with Crippen LogP contribution in [0.5, 0.6) is 0 Å². The van der Waals surface area contributed by atoms with E-state index >= 15 is 0 Å². The first-order valence-electron chi connectivity index (χ1n) is 6.52. The maximum atomic E-state index is 8.84. The number of aliphatic hydroxyl groups is 1. The summed E-state index contributed by atoms with van der Waals surface area (Å²) in [6.07, 6.45) is 1.76. The molecule has 0 heterocycles. The van der Waals surface area contributed by atoms with Crippen molar-refractivity contribution in [1.29, 1.82) is 0 Å². The normalized spacial score (nSPS) is 12.9. The summed E-state index contributed by atoms with van der Waals surface area (Å²) in [6, 6.07) is 8.17. The summed E-state index contributed by atoms with van der Waals surface area (Å²) >= 11 is 3.54. The second kappa shape index (κ2) is 8.64. The van der Waals surface area contributed by atoms with E-state index in [9.17, 15) is 0 Å². The summed E-state index contributed by atoms with van der Waals surface area (Å²) in [5, 5.41) is 8.84. The molecule has 18 heavy (non-hydrogen) atoms. The Morgan fingerprint density at radius 3 is 2.67 bits per heavy atom. The molecule has 3 nitrogen and oxygen atoms in total. The quantitative estimate of drug-likeness (QED) is 0.775. The first-order chi connectivity index (χ1) is 8.69. The lowest BCUT2D eigenvalue weighted by Gasteiger charge is -2.22. The Morgan fingerprint density at radius 2 is 2.06 bits per heavy atom. The number of hydrogen-bond donors (Lipinski definition) is 2. The molecule has 0 spiro atoms. The SMILES string of the molecule is CCN(CCCO)CCC(N)c1ccccc1Br. The molecule has 102 valence electrons. The summed E-state index contributed by atoms with van der Waals surface area (Å²) in [6.45, 7) is 5.31. The minimum Gasteiger partial charge on any atom is -0.396 e. The number of aliphatic hydroxyl groups excluding tert-OH is 1. The molecule has 1 rings (SSSR count). The van der Waals surface area contributed by atoms with Gasteiger partial charge in [-0.1, -0.05) is 41.1 Å². The van der Waals surface area contributed by atoms with Gasteiger partial charge in [0.15, 0.2) is 0 Å². The highest BCUT2D eigenvalue weighted by molar-refractivity contribution is 9.10. The van der Waals surface area contributed by atoms with Crippen LogP contribution in [0.1, 0.15) is 31.4 Å². The Hall–Kier alpha value is -0.420. The van der Waals surface area contributed by atoms with Crippen molar-refractivity contribution in [3.63, 3.8) is 0 Å². The van der Waals surface area contributed by atoms with Crippen molar-refractivity contribution in [3.05, 3.63) is 34.3 Å². The van der Waals surface area contributed by atoms with Gasteiger partial charge in [0.05, 0.1) is 0 Å². The Bertz CT molecular complexity index is 346. The topological polar surface area (TPSA) is 49.5 Å². The van der Waals surface area contributed by atoms with Gasteiger partial charge >= 0.3 is 0 Å². The molecule has 0 aliphatic heterocycles. The highest BCUT2D eigenvalue weighted by atomic mass is 79.9. The molecule has 0 saturated heterocycles. The molecule has 0 bridgehead atoms. The van der Waals surface area contributed by atoms with Gasteiger partial charge in [-0.15, -0.1) is 0 Å². The summed E-state index contributed by atoms with van der Waals surface area (Å²) < 4.78 is 1.08. The van der Waals surface area contributed by atoms with Gasteiger partial charge < -0.3 is 15.7 Å². The van der Waals surface area contributed by atoms with Crippen LogP contribution in [0.3, 0.4) is 0 Å². The fourth-order valence-corrected chi connectivity index (χ4v) is 2.55. The first kappa shape index (κ1) is 15.6. The van der Waals surface area contributed by atoms with E-state index in [1.54, 1.807) is 0 Å². The average Bonchev–Trinajstić information content (AvgIpc) is 2.39. The van der Waals surface area contributed by atoms with Gasteiger partial charge in [-0.3, -0.25) is 0 Å². The third kappa shape index (κ3) is 5.06. The van der Waals surface area contributed by atoms with Crippen molar-refractivity contribution in [1.82, 2.24) is 4.90 Å². The number of nitrogens with two attached hydrogens (primary N) is 1. The standard InChI is InChI=1S/C14H23BrN2O/c1-2-17(9-5-11-18)10-8-14(16)12-6-3-4-7-13(12)15/h3-4,6-7,14,18H,2,5,8-11,16H2,1H3. The molecule has 3 N–H and O–H groups in total. The van der Waals surface area contributed by atoms with Crippen LogP contribution >= 0.6 is 15.9 Å². The largest absolute Gasteiger partial charge is 0.396 e. The lowest BCUT2D eigenvalue weighted by Crippen LogP contribution is -2.28. The average molecular weight is 315 g/mol. The first-order valence-corrected chi connectivity index (χ1v) is 7.31. The third-order valence-electron chi connectivity index (χ3n) is 3.14. The molecule has 4 heteroatoms. The van der Waals surface area contributed by atoms with Gasteiger partial charge in [0.2, 0.25) is 0 Å². The Balaban J connectivity index is 2.44. The van der Waals surface area contributed by atoms with Crippen LogP contribution in [0.4, 0.5) is 0 Å². The molecule has 0 aliphatic rings. The molecule has 1 unspecified atom stereocenters. The minimum atomic E-state index is 0.0590. The number of hydrogen-bond acceptors (Lipinski definition) is 3. The van der Waals surface area contributed by atoms with Gasteiger partial charge in [0.25, 0.3) is 0 Å². The zero-order chi connectivity index (χ0) is 13.4. The number of rotatable bonds is 8. The minimum absolute atomic E-state index is 0.0590. The fourth-order valence-electron chi connectivity index (χ4n) is 1.98. The van der Waals surface area contributed by atoms with Crippen LogP contribution in [0.25, 0.3) is 0 Å². The van der Waals surface area contributed by atoms with E-state index in [0.717, 1.165) is 42.5 Å². The van der Waals surface area contributed by atoms with E-state index < -0.39 is 0 Å². The third-order valence-corrected chi connectivity index (χ3v) is 3.86. The molecule has 0 saturated carbocycles. The molecule has 0 aliphatic carbocycles. The van der Waals surface area contributed by atoms with Crippen LogP contribution in [-0.2, 0) is 0 Å². The molecular formula is C14H23BrN2O. The molecule has 0 aromatic heterocycles. The van der Waals surface area contributed by atoms with Gasteiger partial charge in [0, 0.05) is 23.7 Å². The summed E-state index contributed by atoms with van der Waals surface area (Å²) in [7, 11) is 0. The monoisotopic (exact) mass is 314 g/mol. The summed E-state index contributed by atoms with van der Waals surface area (Å²) in [5.41, 5.74) is 7.38. The Morgan fingerprint density at radius 1 is 1.33 bits per heavy atom. The Labute approximate surface area is 118 Å². The van der Waals surface area contributed by atoms with E-state index in [2.05, 4.69) is 33.8 Å². The van der Waals surface area contributed by atoms with Crippen LogP contribution in [0.15, 0.2) is 28.7 Å². The predicted molar refractivity (Wildman–Crippen MR) is 79.5 cm³/mol. The Kier molecular flexibility index (Phi) is 7.51. The van der Waals surface area contributed by atoms with Crippen molar-refractivity contribution in [2.75, 3.05) is 26.2 Å².